The minimum Gasteiger partial charge on any atom is -0.466 e. The average Bonchev–Trinajstić information content (AvgIpc) is 2.72. The molecule has 3 rings (SSSR count). The average molecular weight is 343 g/mol. The molecule has 0 aliphatic heterocycles. The summed E-state index contributed by atoms with van der Waals surface area (Å²) >= 11 is 3.84. The maximum Gasteiger partial charge on any atom is 0.105 e. The van der Waals surface area contributed by atoms with E-state index in [1.807, 2.05) is 13.8 Å². The summed E-state index contributed by atoms with van der Waals surface area (Å²) in [5, 5.41) is 2.59. The smallest absolute Gasteiger partial charge is 0.105 e. The lowest BCUT2D eigenvalue weighted by atomic mass is 9.99. The Hall–Kier alpha value is -1.54. The molecule has 2 heteroatoms. The molecule has 1 unspecified atom stereocenters. The van der Waals surface area contributed by atoms with E-state index in [9.17, 15) is 0 Å². The van der Waals surface area contributed by atoms with Crippen LogP contribution in [0.15, 0.2) is 46.9 Å². The van der Waals surface area contributed by atoms with Crippen LogP contribution in [0.3, 0.4) is 0 Å². The highest BCUT2D eigenvalue weighted by Crippen LogP contribution is 2.35. The fourth-order valence-corrected chi connectivity index (χ4v) is 3.98. The Morgan fingerprint density at radius 2 is 1.67 bits per heavy atom. The number of hydrogen-bond donors (Lipinski definition) is 0. The Morgan fingerprint density at radius 3 is 2.33 bits per heavy atom. The zero-order chi connectivity index (χ0) is 15.0. The normalized spacial score (nSPS) is 12.8. The zero-order valence-corrected chi connectivity index (χ0v) is 14.2. The summed E-state index contributed by atoms with van der Waals surface area (Å²) in [7, 11) is 0. The summed E-state index contributed by atoms with van der Waals surface area (Å²) in [6.07, 6.45) is 0.964. The highest BCUT2D eigenvalue weighted by molar-refractivity contribution is 9.09. The number of aryl methyl sites for hydroxylation is 2. The first-order valence-electron chi connectivity index (χ1n) is 7.24. The van der Waals surface area contributed by atoms with Crippen molar-refractivity contribution in [3.63, 3.8) is 0 Å². The van der Waals surface area contributed by atoms with Gasteiger partial charge in [-0.2, -0.15) is 0 Å². The van der Waals surface area contributed by atoms with Crippen LogP contribution in [0.2, 0.25) is 0 Å². The summed E-state index contributed by atoms with van der Waals surface area (Å²) in [6, 6.07) is 15.2. The highest BCUT2D eigenvalue weighted by atomic mass is 79.9. The molecule has 0 aliphatic carbocycles. The lowest BCUT2D eigenvalue weighted by molar-refractivity contribution is 0.499. The van der Waals surface area contributed by atoms with E-state index in [2.05, 4.69) is 65.3 Å². The van der Waals surface area contributed by atoms with Crippen LogP contribution in [-0.4, -0.2) is 0 Å². The van der Waals surface area contributed by atoms with E-state index in [1.165, 1.54) is 27.5 Å². The molecular weight excluding hydrogens is 324 g/mol. The van der Waals surface area contributed by atoms with Crippen molar-refractivity contribution >= 4 is 26.7 Å². The Kier molecular flexibility index (Phi) is 3.90. The van der Waals surface area contributed by atoms with Crippen LogP contribution in [0.5, 0.6) is 0 Å². The summed E-state index contributed by atoms with van der Waals surface area (Å²) < 4.78 is 5.74. The minimum atomic E-state index is 0.288. The first-order chi connectivity index (χ1) is 10.1. The summed E-state index contributed by atoms with van der Waals surface area (Å²) in [4.78, 5) is 0.288. The minimum absolute atomic E-state index is 0.288. The fourth-order valence-electron chi connectivity index (χ4n) is 2.95. The van der Waals surface area contributed by atoms with Crippen molar-refractivity contribution in [2.45, 2.75) is 32.0 Å². The first kappa shape index (κ1) is 14.4. The van der Waals surface area contributed by atoms with E-state index in [1.54, 1.807) is 0 Å². The van der Waals surface area contributed by atoms with E-state index >= 15 is 0 Å². The second kappa shape index (κ2) is 5.69. The van der Waals surface area contributed by atoms with Crippen LogP contribution in [0.25, 0.3) is 10.8 Å². The van der Waals surface area contributed by atoms with Gasteiger partial charge in [0.05, 0.1) is 0 Å². The molecule has 21 heavy (non-hydrogen) atoms. The number of halogens is 1. The Morgan fingerprint density at radius 1 is 0.952 bits per heavy atom. The molecule has 1 nitrogen and oxygen atoms in total. The van der Waals surface area contributed by atoms with Gasteiger partial charge in [0, 0.05) is 10.4 Å². The second-order valence-electron chi connectivity index (χ2n) is 5.61. The van der Waals surface area contributed by atoms with Crippen molar-refractivity contribution in [1.82, 2.24) is 0 Å². The van der Waals surface area contributed by atoms with E-state index < -0.39 is 0 Å². The van der Waals surface area contributed by atoms with Gasteiger partial charge >= 0.3 is 0 Å². The summed E-state index contributed by atoms with van der Waals surface area (Å²) in [5.41, 5.74) is 3.89. The molecule has 0 saturated heterocycles. The molecule has 3 aromatic rings. The number of benzene rings is 2. The third-order valence-electron chi connectivity index (χ3n) is 4.16. The van der Waals surface area contributed by atoms with Crippen LogP contribution in [0.4, 0.5) is 0 Å². The van der Waals surface area contributed by atoms with Gasteiger partial charge < -0.3 is 4.42 Å². The molecule has 0 bridgehead atoms. The Labute approximate surface area is 134 Å². The molecule has 0 fully saturated rings. The van der Waals surface area contributed by atoms with Crippen molar-refractivity contribution < 1.29 is 4.42 Å². The van der Waals surface area contributed by atoms with Gasteiger partial charge in [-0.25, -0.2) is 0 Å². The maximum absolute atomic E-state index is 5.74. The standard InChI is InChI=1S/C19H19BrO/c1-12-13(2)21-14(3)19(12)18(20)11-15-8-9-16-6-4-5-7-17(16)10-15/h4-10,18H,11H2,1-3H3. The van der Waals surface area contributed by atoms with Gasteiger partial charge in [-0.15, -0.1) is 0 Å². The van der Waals surface area contributed by atoms with Crippen molar-refractivity contribution in [3.8, 4) is 0 Å². The van der Waals surface area contributed by atoms with Crippen LogP contribution in [-0.2, 0) is 6.42 Å². The van der Waals surface area contributed by atoms with Crippen molar-refractivity contribution in [2.75, 3.05) is 0 Å². The zero-order valence-electron chi connectivity index (χ0n) is 12.6. The largest absolute Gasteiger partial charge is 0.466 e. The summed E-state index contributed by atoms with van der Waals surface area (Å²) in [5.74, 6) is 2.04. The van der Waals surface area contributed by atoms with Crippen LogP contribution in [0.1, 0.15) is 33.0 Å². The van der Waals surface area contributed by atoms with Gasteiger partial charge in [-0.3, -0.25) is 0 Å². The monoisotopic (exact) mass is 342 g/mol. The van der Waals surface area contributed by atoms with Crippen LogP contribution < -0.4 is 0 Å². The quantitative estimate of drug-likeness (QED) is 0.529. The molecule has 108 valence electrons. The van der Waals surface area contributed by atoms with Gasteiger partial charge in [0.15, 0.2) is 0 Å². The molecule has 0 amide bonds. The molecule has 1 aromatic heterocycles. The molecule has 0 aliphatic rings. The van der Waals surface area contributed by atoms with Crippen LogP contribution in [0, 0.1) is 20.8 Å². The van der Waals surface area contributed by atoms with E-state index in [-0.39, 0.29) is 4.83 Å². The van der Waals surface area contributed by atoms with Gasteiger partial charge in [0.25, 0.3) is 0 Å². The molecule has 1 atom stereocenters. The molecular formula is C19H19BrO. The predicted molar refractivity (Wildman–Crippen MR) is 92.2 cm³/mol. The molecule has 1 heterocycles. The number of fused-ring (bicyclic) bond motifs is 1. The first-order valence-corrected chi connectivity index (χ1v) is 8.16. The third-order valence-corrected chi connectivity index (χ3v) is 4.94. The topological polar surface area (TPSA) is 13.1 Å². The number of hydrogen-bond acceptors (Lipinski definition) is 1. The third kappa shape index (κ3) is 2.77. The lowest BCUT2D eigenvalue weighted by Crippen LogP contribution is -1.98. The van der Waals surface area contributed by atoms with Gasteiger partial charge in [-0.05, 0) is 49.1 Å². The Bertz CT molecular complexity index is 785. The molecule has 0 spiro atoms. The van der Waals surface area contributed by atoms with Crippen molar-refractivity contribution in [2.24, 2.45) is 0 Å². The lowest BCUT2D eigenvalue weighted by Gasteiger charge is -2.11. The summed E-state index contributed by atoms with van der Waals surface area (Å²) in [6.45, 7) is 6.21. The molecule has 0 N–H and O–H groups in total. The van der Waals surface area contributed by atoms with Gasteiger partial charge in [0.1, 0.15) is 11.5 Å². The predicted octanol–water partition coefficient (Wildman–Crippen LogP) is 6.04. The number of furan rings is 1. The SMILES string of the molecule is Cc1oc(C)c(C(Br)Cc2ccc3ccccc3c2)c1C. The van der Waals surface area contributed by atoms with E-state index in [4.69, 9.17) is 4.42 Å². The molecule has 2 aromatic carbocycles. The van der Waals surface area contributed by atoms with E-state index in [0.717, 1.165) is 17.9 Å². The fraction of sp³-hybridized carbons (Fsp3) is 0.263. The Balaban J connectivity index is 1.90. The van der Waals surface area contributed by atoms with Gasteiger partial charge in [-0.1, -0.05) is 58.4 Å². The second-order valence-corrected chi connectivity index (χ2v) is 6.71. The molecule has 0 radical (unpaired) electrons. The number of alkyl halides is 1. The van der Waals surface area contributed by atoms with Crippen LogP contribution >= 0.6 is 15.9 Å². The van der Waals surface area contributed by atoms with Gasteiger partial charge in [0.2, 0.25) is 0 Å². The van der Waals surface area contributed by atoms with Crippen molar-refractivity contribution in [3.05, 3.63) is 70.7 Å². The van der Waals surface area contributed by atoms with E-state index in [0.29, 0.717) is 0 Å². The highest BCUT2D eigenvalue weighted by Gasteiger charge is 2.19. The maximum atomic E-state index is 5.74. The molecule has 0 saturated carbocycles. The number of rotatable bonds is 3. The van der Waals surface area contributed by atoms with Crippen molar-refractivity contribution in [1.29, 1.82) is 0 Å².